The van der Waals surface area contributed by atoms with E-state index in [2.05, 4.69) is 20.6 Å². The second-order valence-electron chi connectivity index (χ2n) is 6.81. The Labute approximate surface area is 172 Å². The lowest BCUT2D eigenvalue weighted by Gasteiger charge is -2.13. The highest BCUT2D eigenvalue weighted by atomic mass is 19.1. The lowest BCUT2D eigenvalue weighted by molar-refractivity contribution is -0.153. The third-order valence-corrected chi connectivity index (χ3v) is 4.55. The molecule has 0 radical (unpaired) electrons. The molecule has 1 N–H and O–H groups in total. The van der Waals surface area contributed by atoms with Crippen molar-refractivity contribution in [2.75, 3.05) is 5.32 Å². The smallest absolute Gasteiger partial charge is 0.307 e. The molecule has 0 spiro atoms. The Bertz CT molecular complexity index is 1060. The summed E-state index contributed by atoms with van der Waals surface area (Å²) >= 11 is 0. The first kappa shape index (κ1) is 21.2. The number of amides is 1. The molecule has 1 atom stereocenters. The largest absolute Gasteiger partial charge is 0.453 e. The van der Waals surface area contributed by atoms with Crippen molar-refractivity contribution in [1.82, 2.24) is 19.9 Å². The number of benzene rings is 1. The quantitative estimate of drug-likeness (QED) is 0.591. The van der Waals surface area contributed by atoms with Gasteiger partial charge in [-0.1, -0.05) is 5.16 Å². The molecule has 158 valence electrons. The molecule has 0 aliphatic heterocycles. The van der Waals surface area contributed by atoms with Crippen LogP contribution in [0, 0.1) is 19.7 Å². The Hall–Kier alpha value is -3.56. The molecule has 2 heterocycles. The first-order valence-electron chi connectivity index (χ1n) is 9.33. The highest BCUT2D eigenvalue weighted by Crippen LogP contribution is 2.19. The summed E-state index contributed by atoms with van der Waals surface area (Å²) < 4.78 is 24.9. The average molecular weight is 415 g/mol. The van der Waals surface area contributed by atoms with E-state index in [9.17, 15) is 14.0 Å². The summed E-state index contributed by atoms with van der Waals surface area (Å²) in [6.45, 7) is 5.11. The van der Waals surface area contributed by atoms with Gasteiger partial charge in [0.2, 0.25) is 11.7 Å². The molecule has 9 nitrogen and oxygen atoms in total. The lowest BCUT2D eigenvalue weighted by atomic mass is 10.2. The summed E-state index contributed by atoms with van der Waals surface area (Å²) in [6, 6.07) is 5.65. The molecular weight excluding hydrogens is 393 g/mol. The minimum absolute atomic E-state index is 0.0341. The Balaban J connectivity index is 1.50. The van der Waals surface area contributed by atoms with Crippen molar-refractivity contribution in [3.05, 3.63) is 47.4 Å². The van der Waals surface area contributed by atoms with Gasteiger partial charge in [-0.2, -0.15) is 10.1 Å². The number of ether oxygens (including phenoxy) is 1. The van der Waals surface area contributed by atoms with Crippen LogP contribution in [-0.2, 0) is 27.8 Å². The number of aryl methyl sites for hydroxylation is 3. The Kier molecular flexibility index (Phi) is 6.24. The third-order valence-electron chi connectivity index (χ3n) is 4.55. The van der Waals surface area contributed by atoms with Crippen LogP contribution in [0.1, 0.15) is 30.6 Å². The minimum Gasteiger partial charge on any atom is -0.453 e. The van der Waals surface area contributed by atoms with E-state index >= 15 is 0 Å². The first-order chi connectivity index (χ1) is 14.2. The second-order valence-corrected chi connectivity index (χ2v) is 6.81. The molecule has 30 heavy (non-hydrogen) atoms. The van der Waals surface area contributed by atoms with Crippen molar-refractivity contribution in [1.29, 1.82) is 0 Å². The molecule has 0 bridgehead atoms. The van der Waals surface area contributed by atoms with Crippen LogP contribution in [0.3, 0.4) is 0 Å². The monoisotopic (exact) mass is 415 g/mol. The summed E-state index contributed by atoms with van der Waals surface area (Å²) in [7, 11) is 1.78. The van der Waals surface area contributed by atoms with E-state index in [4.69, 9.17) is 9.26 Å². The zero-order valence-corrected chi connectivity index (χ0v) is 17.1. The number of hydrogen-bond donors (Lipinski definition) is 1. The fourth-order valence-corrected chi connectivity index (χ4v) is 2.77. The molecule has 0 saturated carbocycles. The molecule has 3 rings (SSSR count). The van der Waals surface area contributed by atoms with E-state index in [1.54, 1.807) is 18.7 Å². The van der Waals surface area contributed by atoms with Gasteiger partial charge in [0.05, 0.1) is 23.5 Å². The van der Waals surface area contributed by atoms with Crippen molar-refractivity contribution in [2.45, 2.75) is 39.7 Å². The number of carbonyl (C=O) groups excluding carboxylic acids is 2. The number of anilines is 1. The van der Waals surface area contributed by atoms with Gasteiger partial charge >= 0.3 is 5.97 Å². The Morgan fingerprint density at radius 2 is 1.97 bits per heavy atom. The van der Waals surface area contributed by atoms with Crippen molar-refractivity contribution in [2.24, 2.45) is 7.05 Å². The summed E-state index contributed by atoms with van der Waals surface area (Å²) in [5.74, 6) is -0.840. The number of carbonyl (C=O) groups is 2. The van der Waals surface area contributed by atoms with Gasteiger partial charge in [-0.3, -0.25) is 14.3 Å². The van der Waals surface area contributed by atoms with Crippen molar-refractivity contribution < 1.29 is 23.2 Å². The van der Waals surface area contributed by atoms with Crippen molar-refractivity contribution >= 4 is 17.6 Å². The number of hydrogen-bond acceptors (Lipinski definition) is 7. The maximum absolute atomic E-state index is 13.0. The lowest BCUT2D eigenvalue weighted by Crippen LogP contribution is -2.30. The molecule has 1 unspecified atom stereocenters. The fourth-order valence-electron chi connectivity index (χ4n) is 2.77. The van der Waals surface area contributed by atoms with Gasteiger partial charge in [0.1, 0.15) is 5.82 Å². The zero-order chi connectivity index (χ0) is 21.8. The Morgan fingerprint density at radius 3 is 2.60 bits per heavy atom. The fraction of sp³-hybridized carbons (Fsp3) is 0.350. The normalized spacial score (nSPS) is 11.9. The molecule has 0 aliphatic rings. The first-order valence-corrected chi connectivity index (χ1v) is 9.33. The molecular formula is C20H22FN5O4. The predicted molar refractivity (Wildman–Crippen MR) is 105 cm³/mol. The summed E-state index contributed by atoms with van der Waals surface area (Å²) in [5.41, 5.74) is 2.67. The molecule has 1 aromatic carbocycles. The number of aromatic nitrogens is 4. The van der Waals surface area contributed by atoms with E-state index in [1.807, 2.05) is 6.92 Å². The van der Waals surface area contributed by atoms with Crippen LogP contribution in [-0.4, -0.2) is 37.9 Å². The van der Waals surface area contributed by atoms with Crippen LogP contribution >= 0.6 is 0 Å². The molecule has 0 aliphatic carbocycles. The average Bonchev–Trinajstić information content (AvgIpc) is 3.27. The molecule has 0 saturated heterocycles. The number of nitrogens with one attached hydrogen (secondary N) is 1. The SMILES string of the molecule is Cc1nn(C)c(C)c1NC(=O)C(C)OC(=O)CCc1nc(-c2ccc(F)cc2)no1. The van der Waals surface area contributed by atoms with Crippen LogP contribution in [0.5, 0.6) is 0 Å². The van der Waals surface area contributed by atoms with Crippen molar-refractivity contribution in [3.63, 3.8) is 0 Å². The van der Waals surface area contributed by atoms with Gasteiger partial charge in [-0.05, 0) is 45.0 Å². The molecule has 0 fully saturated rings. The van der Waals surface area contributed by atoms with Crippen LogP contribution in [0.25, 0.3) is 11.4 Å². The van der Waals surface area contributed by atoms with E-state index in [-0.39, 0.29) is 24.5 Å². The van der Waals surface area contributed by atoms with E-state index < -0.39 is 18.0 Å². The molecule has 2 aromatic heterocycles. The maximum Gasteiger partial charge on any atom is 0.307 e. The topological polar surface area (TPSA) is 112 Å². The van der Waals surface area contributed by atoms with E-state index in [0.29, 0.717) is 22.8 Å². The number of halogens is 1. The summed E-state index contributed by atoms with van der Waals surface area (Å²) in [4.78, 5) is 28.6. The predicted octanol–water partition coefficient (Wildman–Crippen LogP) is 2.73. The maximum atomic E-state index is 13.0. The third kappa shape index (κ3) is 4.88. The van der Waals surface area contributed by atoms with Gasteiger partial charge in [-0.25, -0.2) is 4.39 Å². The highest BCUT2D eigenvalue weighted by Gasteiger charge is 2.21. The van der Waals surface area contributed by atoms with Crippen molar-refractivity contribution in [3.8, 4) is 11.4 Å². The van der Waals surface area contributed by atoms with Gasteiger partial charge in [-0.15, -0.1) is 0 Å². The molecule has 10 heteroatoms. The number of nitrogens with zero attached hydrogens (tertiary/aromatic N) is 4. The van der Waals surface area contributed by atoms with Gasteiger partial charge in [0, 0.05) is 19.0 Å². The van der Waals surface area contributed by atoms with Crippen LogP contribution in [0.2, 0.25) is 0 Å². The van der Waals surface area contributed by atoms with E-state index in [0.717, 1.165) is 5.69 Å². The van der Waals surface area contributed by atoms with Crippen LogP contribution < -0.4 is 5.32 Å². The Morgan fingerprint density at radius 1 is 1.27 bits per heavy atom. The number of esters is 1. The van der Waals surface area contributed by atoms with E-state index in [1.165, 1.54) is 31.2 Å². The van der Waals surface area contributed by atoms with Gasteiger partial charge in [0.15, 0.2) is 6.10 Å². The standard InChI is InChI=1S/C20H22FN5O4/c1-11-18(12(2)26(4)24-11)23-20(28)13(3)29-17(27)10-9-16-22-19(25-30-16)14-5-7-15(21)8-6-14/h5-8,13H,9-10H2,1-4H3,(H,23,28). The highest BCUT2D eigenvalue weighted by molar-refractivity contribution is 5.96. The zero-order valence-electron chi connectivity index (χ0n) is 17.1. The van der Waals surface area contributed by atoms with Crippen LogP contribution in [0.15, 0.2) is 28.8 Å². The minimum atomic E-state index is -0.978. The van der Waals surface area contributed by atoms with Gasteiger partial charge in [0.25, 0.3) is 5.91 Å². The summed E-state index contributed by atoms with van der Waals surface area (Å²) in [6.07, 6.45) is -0.857. The number of rotatable bonds is 7. The second kappa shape index (κ2) is 8.85. The van der Waals surface area contributed by atoms with Gasteiger partial charge < -0.3 is 14.6 Å². The van der Waals surface area contributed by atoms with Crippen LogP contribution in [0.4, 0.5) is 10.1 Å². The molecule has 3 aromatic rings. The molecule has 1 amide bonds. The summed E-state index contributed by atoms with van der Waals surface area (Å²) in [5, 5.41) is 10.8.